The topological polar surface area (TPSA) is 42.0 Å². The van der Waals surface area contributed by atoms with Crippen LogP contribution in [-0.4, -0.2) is 50.4 Å². The van der Waals surface area contributed by atoms with Gasteiger partial charge in [0.15, 0.2) is 0 Å². The number of anilines is 1. The molecule has 3 rings (SSSR count). The maximum absolute atomic E-state index is 13.1. The fraction of sp³-hybridized carbons (Fsp3) is 0.409. The minimum absolute atomic E-state index is 0.122. The fourth-order valence-electron chi connectivity index (χ4n) is 3.39. The number of amides is 1. The number of hydrogen-bond acceptors (Lipinski definition) is 5. The predicted octanol–water partition coefficient (Wildman–Crippen LogP) is 4.05. The number of likely N-dealkylation sites (N-methyl/N-ethyl adjacent to an activating group) is 1. The lowest BCUT2D eigenvalue weighted by molar-refractivity contribution is -0.119. The second kappa shape index (κ2) is 9.34. The highest BCUT2D eigenvalue weighted by Gasteiger charge is 2.24. The van der Waals surface area contributed by atoms with Crippen LogP contribution in [0.5, 0.6) is 11.5 Å². The van der Waals surface area contributed by atoms with Gasteiger partial charge in [-0.05, 0) is 31.7 Å². The first kappa shape index (κ1) is 20.6. The third-order valence-electron chi connectivity index (χ3n) is 4.88. The molecule has 1 aliphatic rings. The predicted molar refractivity (Wildman–Crippen MR) is 115 cm³/mol. The highest BCUT2D eigenvalue weighted by Crippen LogP contribution is 2.37. The highest BCUT2D eigenvalue weighted by molar-refractivity contribution is 8.00. The third-order valence-corrected chi connectivity index (χ3v) is 6.12. The molecule has 0 unspecified atom stereocenters. The lowest BCUT2D eigenvalue weighted by Gasteiger charge is -2.26. The zero-order valence-corrected chi connectivity index (χ0v) is 17.8. The van der Waals surface area contributed by atoms with Gasteiger partial charge >= 0.3 is 0 Å². The number of methoxy groups -OCH3 is 2. The minimum atomic E-state index is 0.122. The Morgan fingerprint density at radius 2 is 2.00 bits per heavy atom. The highest BCUT2D eigenvalue weighted by atomic mass is 32.2. The van der Waals surface area contributed by atoms with Crippen molar-refractivity contribution in [2.45, 2.75) is 30.0 Å². The fourth-order valence-corrected chi connectivity index (χ4v) is 4.50. The first-order valence-corrected chi connectivity index (χ1v) is 10.3. The Hall–Kier alpha value is -2.18. The Labute approximate surface area is 171 Å². The summed E-state index contributed by atoms with van der Waals surface area (Å²) in [6.45, 7) is 3.95. The van der Waals surface area contributed by atoms with Gasteiger partial charge in [-0.2, -0.15) is 0 Å². The van der Waals surface area contributed by atoms with Crippen LogP contribution in [0.1, 0.15) is 18.9 Å². The monoisotopic (exact) mass is 400 g/mol. The van der Waals surface area contributed by atoms with Gasteiger partial charge in [-0.15, -0.1) is 11.8 Å². The Kier molecular flexibility index (Phi) is 6.86. The first-order valence-electron chi connectivity index (χ1n) is 9.47. The maximum atomic E-state index is 13.1. The van der Waals surface area contributed by atoms with Gasteiger partial charge in [0.2, 0.25) is 5.91 Å². The molecule has 0 aliphatic carbocycles. The summed E-state index contributed by atoms with van der Waals surface area (Å²) < 4.78 is 10.7. The van der Waals surface area contributed by atoms with E-state index in [0.29, 0.717) is 18.3 Å². The lowest BCUT2D eigenvalue weighted by atomic mass is 10.1. The van der Waals surface area contributed by atoms with Gasteiger partial charge in [0.05, 0.1) is 26.5 Å². The summed E-state index contributed by atoms with van der Waals surface area (Å²) in [5, 5.41) is 0.500. The largest absolute Gasteiger partial charge is 0.497 e. The van der Waals surface area contributed by atoms with Crippen molar-refractivity contribution in [3.8, 4) is 11.5 Å². The van der Waals surface area contributed by atoms with Crippen LogP contribution in [0, 0.1) is 0 Å². The summed E-state index contributed by atoms with van der Waals surface area (Å²) in [6.07, 6.45) is 0.987. The number of ether oxygens (including phenoxy) is 2. The zero-order valence-electron chi connectivity index (χ0n) is 17.0. The van der Waals surface area contributed by atoms with Crippen LogP contribution < -0.4 is 14.4 Å². The number of hydrogen-bond donors (Lipinski definition) is 0. The molecule has 2 aromatic rings. The van der Waals surface area contributed by atoms with Crippen molar-refractivity contribution in [3.05, 3.63) is 48.0 Å². The summed E-state index contributed by atoms with van der Waals surface area (Å²) in [6, 6.07) is 14.0. The number of para-hydroxylation sites is 1. The molecule has 0 radical (unpaired) electrons. The van der Waals surface area contributed by atoms with Crippen LogP contribution in [0.4, 0.5) is 5.69 Å². The molecule has 0 fully saturated rings. The molecule has 0 N–H and O–H groups in total. The molecule has 6 heteroatoms. The van der Waals surface area contributed by atoms with Crippen LogP contribution in [0.15, 0.2) is 47.4 Å². The number of fused-ring (bicyclic) bond motifs is 1. The van der Waals surface area contributed by atoms with E-state index >= 15 is 0 Å². The molecular formula is C22H28N2O3S. The Morgan fingerprint density at radius 3 is 2.75 bits per heavy atom. The van der Waals surface area contributed by atoms with Crippen molar-refractivity contribution < 1.29 is 14.3 Å². The minimum Gasteiger partial charge on any atom is -0.497 e. The van der Waals surface area contributed by atoms with E-state index < -0.39 is 0 Å². The van der Waals surface area contributed by atoms with Crippen LogP contribution in [0.25, 0.3) is 0 Å². The van der Waals surface area contributed by atoms with Crippen LogP contribution in [0.3, 0.4) is 0 Å². The van der Waals surface area contributed by atoms with Crippen LogP contribution in [0.2, 0.25) is 0 Å². The average molecular weight is 401 g/mol. The summed E-state index contributed by atoms with van der Waals surface area (Å²) in [7, 11) is 5.25. The second-order valence-corrected chi connectivity index (χ2v) is 8.56. The first-order chi connectivity index (χ1) is 13.5. The van der Waals surface area contributed by atoms with E-state index in [1.807, 2.05) is 65.0 Å². The molecule has 1 aliphatic heterocycles. The van der Waals surface area contributed by atoms with Gasteiger partial charge in [-0.1, -0.05) is 25.1 Å². The Bertz CT molecular complexity index is 827. The molecule has 1 atom stereocenters. The number of carbonyl (C=O) groups is 1. The molecule has 1 amide bonds. The van der Waals surface area contributed by atoms with Gasteiger partial charge in [0.1, 0.15) is 11.5 Å². The molecule has 150 valence electrons. The van der Waals surface area contributed by atoms with Gasteiger partial charge in [0.25, 0.3) is 0 Å². The molecule has 0 saturated carbocycles. The van der Waals surface area contributed by atoms with Crippen molar-refractivity contribution in [3.63, 3.8) is 0 Å². The van der Waals surface area contributed by atoms with Gasteiger partial charge in [0, 0.05) is 34.9 Å². The molecule has 5 nitrogen and oxygen atoms in total. The van der Waals surface area contributed by atoms with Gasteiger partial charge in [-0.3, -0.25) is 9.69 Å². The molecule has 0 aromatic heterocycles. The van der Waals surface area contributed by atoms with Crippen LogP contribution in [-0.2, 0) is 11.3 Å². The molecular weight excluding hydrogens is 372 g/mol. The second-order valence-electron chi connectivity index (χ2n) is 7.08. The van der Waals surface area contributed by atoms with Crippen molar-refractivity contribution in [1.82, 2.24) is 4.90 Å². The molecule has 28 heavy (non-hydrogen) atoms. The standard InChI is InChI=1S/C22H28N2O3S/c1-16-11-12-24(19-7-5-6-8-21(19)28-16)22(25)15-23(2)14-17-9-10-18(26-3)13-20(17)27-4/h5-10,13,16H,11-12,14-15H2,1-4H3/t16-/m0/s1. The number of thioether (sulfide) groups is 1. The van der Waals surface area contributed by atoms with E-state index in [0.717, 1.165) is 35.7 Å². The maximum Gasteiger partial charge on any atom is 0.241 e. The third kappa shape index (κ3) is 4.80. The summed E-state index contributed by atoms with van der Waals surface area (Å²) in [4.78, 5) is 18.2. The average Bonchev–Trinajstić information content (AvgIpc) is 2.86. The quantitative estimate of drug-likeness (QED) is 0.732. The molecule has 2 aromatic carbocycles. The molecule has 1 heterocycles. The number of benzene rings is 2. The van der Waals surface area contributed by atoms with Crippen molar-refractivity contribution in [2.24, 2.45) is 0 Å². The lowest BCUT2D eigenvalue weighted by Crippen LogP contribution is -2.39. The summed E-state index contributed by atoms with van der Waals surface area (Å²) in [5.74, 6) is 1.65. The van der Waals surface area contributed by atoms with Crippen molar-refractivity contribution in [2.75, 3.05) is 39.3 Å². The molecule has 0 spiro atoms. The van der Waals surface area contributed by atoms with E-state index in [4.69, 9.17) is 9.47 Å². The van der Waals surface area contributed by atoms with E-state index in [2.05, 4.69) is 13.0 Å². The van der Waals surface area contributed by atoms with E-state index in [1.54, 1.807) is 14.2 Å². The molecule has 0 saturated heterocycles. The molecule has 0 bridgehead atoms. The van der Waals surface area contributed by atoms with Gasteiger partial charge in [-0.25, -0.2) is 0 Å². The zero-order chi connectivity index (χ0) is 20.1. The van der Waals surface area contributed by atoms with E-state index in [9.17, 15) is 4.79 Å². The number of rotatable bonds is 6. The van der Waals surface area contributed by atoms with Crippen molar-refractivity contribution in [1.29, 1.82) is 0 Å². The van der Waals surface area contributed by atoms with Gasteiger partial charge < -0.3 is 14.4 Å². The Balaban J connectivity index is 1.71. The van der Waals surface area contributed by atoms with E-state index in [1.165, 1.54) is 4.90 Å². The Morgan fingerprint density at radius 1 is 1.21 bits per heavy atom. The smallest absolute Gasteiger partial charge is 0.241 e. The number of nitrogens with zero attached hydrogens (tertiary/aromatic N) is 2. The summed E-state index contributed by atoms with van der Waals surface area (Å²) >= 11 is 1.85. The van der Waals surface area contributed by atoms with Crippen molar-refractivity contribution >= 4 is 23.4 Å². The van der Waals surface area contributed by atoms with E-state index in [-0.39, 0.29) is 5.91 Å². The normalized spacial score (nSPS) is 16.5. The van der Waals surface area contributed by atoms with Crippen LogP contribution >= 0.6 is 11.8 Å². The number of carbonyl (C=O) groups excluding carboxylic acids is 1. The SMILES string of the molecule is COc1ccc(CN(C)CC(=O)N2CC[C@H](C)Sc3ccccc32)c(OC)c1. The summed E-state index contributed by atoms with van der Waals surface area (Å²) in [5.41, 5.74) is 2.05.